The molecule has 1 fully saturated rings. The maximum absolute atomic E-state index is 5.19. The molecular formula is C18H21N5OS. The molecule has 0 radical (unpaired) electrons. The van der Waals surface area contributed by atoms with E-state index in [0.29, 0.717) is 5.88 Å². The minimum absolute atomic E-state index is 0.641. The van der Waals surface area contributed by atoms with Crippen LogP contribution in [-0.4, -0.2) is 53.1 Å². The number of anilines is 1. The zero-order valence-electron chi connectivity index (χ0n) is 14.5. The molecule has 7 heteroatoms. The van der Waals surface area contributed by atoms with Crippen molar-refractivity contribution in [2.24, 2.45) is 0 Å². The van der Waals surface area contributed by atoms with E-state index in [-0.39, 0.29) is 0 Å². The van der Waals surface area contributed by atoms with Crippen LogP contribution in [0.1, 0.15) is 10.7 Å². The third-order valence-corrected chi connectivity index (χ3v) is 5.36. The molecule has 0 N–H and O–H groups in total. The number of nitrogens with zero attached hydrogens (tertiary/aromatic N) is 5. The highest BCUT2D eigenvalue weighted by Crippen LogP contribution is 2.24. The zero-order chi connectivity index (χ0) is 17.2. The van der Waals surface area contributed by atoms with Crippen LogP contribution < -0.4 is 9.64 Å². The summed E-state index contributed by atoms with van der Waals surface area (Å²) in [4.78, 5) is 19.5. The maximum Gasteiger partial charge on any atom is 0.214 e. The number of thiazole rings is 1. The van der Waals surface area contributed by atoms with Crippen molar-refractivity contribution >= 4 is 27.5 Å². The molecule has 4 heterocycles. The second kappa shape index (κ2) is 6.93. The Morgan fingerprint density at radius 3 is 2.64 bits per heavy atom. The van der Waals surface area contributed by atoms with Crippen LogP contribution >= 0.6 is 11.3 Å². The number of piperazine rings is 1. The molecule has 6 nitrogen and oxygen atoms in total. The number of aromatic nitrogens is 3. The number of pyridine rings is 2. The van der Waals surface area contributed by atoms with Gasteiger partial charge in [0.15, 0.2) is 0 Å². The van der Waals surface area contributed by atoms with Gasteiger partial charge in [0.2, 0.25) is 5.88 Å². The highest BCUT2D eigenvalue weighted by Gasteiger charge is 2.19. The molecule has 25 heavy (non-hydrogen) atoms. The van der Waals surface area contributed by atoms with E-state index in [0.717, 1.165) is 59.6 Å². The molecule has 0 spiro atoms. The van der Waals surface area contributed by atoms with Crippen LogP contribution in [0.3, 0.4) is 0 Å². The average molecular weight is 355 g/mol. The third-order valence-electron chi connectivity index (χ3n) is 4.41. The van der Waals surface area contributed by atoms with Crippen LogP contribution in [0, 0.1) is 6.92 Å². The fraction of sp³-hybridized carbons (Fsp3) is 0.389. The molecule has 0 saturated carbocycles. The van der Waals surface area contributed by atoms with Crippen LogP contribution in [0.15, 0.2) is 30.3 Å². The van der Waals surface area contributed by atoms with E-state index >= 15 is 0 Å². The summed E-state index contributed by atoms with van der Waals surface area (Å²) in [6, 6.07) is 10.0. The SMILES string of the molecule is COc1ccc2nc(CN3CCN(c4cccc(C)n4)CC3)sc2n1. The quantitative estimate of drug-likeness (QED) is 0.717. The van der Waals surface area contributed by atoms with E-state index in [1.165, 1.54) is 0 Å². The molecule has 0 atom stereocenters. The summed E-state index contributed by atoms with van der Waals surface area (Å²) in [6.45, 7) is 6.93. The molecule has 1 saturated heterocycles. The molecule has 1 aliphatic rings. The molecule has 3 aromatic heterocycles. The largest absolute Gasteiger partial charge is 0.481 e. The minimum Gasteiger partial charge on any atom is -0.481 e. The first-order chi connectivity index (χ1) is 12.2. The van der Waals surface area contributed by atoms with Gasteiger partial charge in [0.05, 0.1) is 13.7 Å². The predicted molar refractivity (Wildman–Crippen MR) is 100 cm³/mol. The van der Waals surface area contributed by atoms with E-state index in [1.54, 1.807) is 18.4 Å². The topological polar surface area (TPSA) is 54.4 Å². The Morgan fingerprint density at radius 2 is 1.88 bits per heavy atom. The van der Waals surface area contributed by atoms with E-state index in [9.17, 15) is 0 Å². The van der Waals surface area contributed by atoms with Gasteiger partial charge in [0.25, 0.3) is 0 Å². The van der Waals surface area contributed by atoms with Crippen molar-refractivity contribution in [1.82, 2.24) is 19.9 Å². The van der Waals surface area contributed by atoms with Gasteiger partial charge in [0, 0.05) is 37.9 Å². The van der Waals surface area contributed by atoms with Gasteiger partial charge in [-0.15, -0.1) is 0 Å². The van der Waals surface area contributed by atoms with Crippen molar-refractivity contribution in [2.75, 3.05) is 38.2 Å². The maximum atomic E-state index is 5.19. The summed E-state index contributed by atoms with van der Waals surface area (Å²) >= 11 is 1.65. The summed E-state index contributed by atoms with van der Waals surface area (Å²) in [5.41, 5.74) is 2.01. The van der Waals surface area contributed by atoms with Crippen LogP contribution in [0.4, 0.5) is 5.82 Å². The smallest absolute Gasteiger partial charge is 0.214 e. The first-order valence-corrected chi connectivity index (χ1v) is 9.24. The summed E-state index contributed by atoms with van der Waals surface area (Å²) in [7, 11) is 1.64. The van der Waals surface area contributed by atoms with Gasteiger partial charge >= 0.3 is 0 Å². The number of aryl methyl sites for hydroxylation is 1. The molecule has 130 valence electrons. The second-order valence-corrected chi connectivity index (χ2v) is 7.25. The Morgan fingerprint density at radius 1 is 1.04 bits per heavy atom. The lowest BCUT2D eigenvalue weighted by atomic mass is 10.3. The zero-order valence-corrected chi connectivity index (χ0v) is 15.3. The lowest BCUT2D eigenvalue weighted by Crippen LogP contribution is -2.46. The van der Waals surface area contributed by atoms with Gasteiger partial charge in [-0.3, -0.25) is 4.90 Å². The van der Waals surface area contributed by atoms with E-state index in [4.69, 9.17) is 9.72 Å². The van der Waals surface area contributed by atoms with Crippen molar-refractivity contribution in [3.63, 3.8) is 0 Å². The molecule has 0 unspecified atom stereocenters. The van der Waals surface area contributed by atoms with Crippen LogP contribution in [0.25, 0.3) is 10.3 Å². The van der Waals surface area contributed by atoms with Crippen molar-refractivity contribution in [2.45, 2.75) is 13.5 Å². The standard InChI is InChI=1S/C18H21N5OS/c1-13-4-3-5-15(19-13)23-10-8-22(9-11-23)12-17-20-14-6-7-16(24-2)21-18(14)25-17/h3-7H,8-12H2,1-2H3. The Bertz CT molecular complexity index is 873. The first-order valence-electron chi connectivity index (χ1n) is 8.43. The molecule has 1 aliphatic heterocycles. The number of hydrogen-bond acceptors (Lipinski definition) is 7. The molecule has 4 rings (SSSR count). The fourth-order valence-corrected chi connectivity index (χ4v) is 4.03. The minimum atomic E-state index is 0.641. The Labute approximate surface area is 151 Å². The summed E-state index contributed by atoms with van der Waals surface area (Å²) in [5, 5.41) is 1.11. The fourth-order valence-electron chi connectivity index (χ4n) is 3.06. The van der Waals surface area contributed by atoms with Crippen LogP contribution in [0.2, 0.25) is 0 Å². The second-order valence-electron chi connectivity index (χ2n) is 6.19. The number of ether oxygens (including phenoxy) is 1. The highest BCUT2D eigenvalue weighted by molar-refractivity contribution is 7.18. The summed E-state index contributed by atoms with van der Waals surface area (Å²) < 4.78 is 5.19. The van der Waals surface area contributed by atoms with E-state index in [1.807, 2.05) is 25.1 Å². The van der Waals surface area contributed by atoms with Crippen molar-refractivity contribution in [3.05, 3.63) is 41.0 Å². The van der Waals surface area contributed by atoms with Crippen molar-refractivity contribution < 1.29 is 4.74 Å². The van der Waals surface area contributed by atoms with Crippen LogP contribution in [0.5, 0.6) is 5.88 Å². The monoisotopic (exact) mass is 355 g/mol. The normalized spacial score (nSPS) is 15.7. The molecule has 0 bridgehead atoms. The molecule has 3 aromatic rings. The molecule has 0 aliphatic carbocycles. The average Bonchev–Trinajstić information content (AvgIpc) is 3.03. The van der Waals surface area contributed by atoms with Crippen molar-refractivity contribution in [3.8, 4) is 5.88 Å². The summed E-state index contributed by atoms with van der Waals surface area (Å²) in [5.74, 6) is 1.72. The lowest BCUT2D eigenvalue weighted by molar-refractivity contribution is 0.249. The number of rotatable bonds is 4. The van der Waals surface area contributed by atoms with Gasteiger partial charge in [-0.25, -0.2) is 15.0 Å². The predicted octanol–water partition coefficient (Wildman–Crippen LogP) is 2.73. The Balaban J connectivity index is 1.40. The number of methoxy groups -OCH3 is 1. The van der Waals surface area contributed by atoms with Crippen LogP contribution in [-0.2, 0) is 6.54 Å². The first kappa shape index (κ1) is 16.2. The lowest BCUT2D eigenvalue weighted by Gasteiger charge is -2.35. The third kappa shape index (κ3) is 3.57. The van der Waals surface area contributed by atoms with Crippen molar-refractivity contribution in [1.29, 1.82) is 0 Å². The molecular weight excluding hydrogens is 334 g/mol. The molecule has 0 amide bonds. The summed E-state index contributed by atoms with van der Waals surface area (Å²) in [6.07, 6.45) is 0. The van der Waals surface area contributed by atoms with Gasteiger partial charge in [0.1, 0.15) is 21.2 Å². The van der Waals surface area contributed by atoms with Gasteiger partial charge in [-0.05, 0) is 25.1 Å². The van der Waals surface area contributed by atoms with Gasteiger partial charge in [-0.1, -0.05) is 17.4 Å². The number of hydrogen-bond donors (Lipinski definition) is 0. The highest BCUT2D eigenvalue weighted by atomic mass is 32.1. The number of fused-ring (bicyclic) bond motifs is 1. The van der Waals surface area contributed by atoms with E-state index in [2.05, 4.69) is 31.9 Å². The van der Waals surface area contributed by atoms with Gasteiger partial charge < -0.3 is 9.64 Å². The Hall–Kier alpha value is -2.25. The van der Waals surface area contributed by atoms with E-state index < -0.39 is 0 Å². The van der Waals surface area contributed by atoms with Gasteiger partial charge in [-0.2, -0.15) is 0 Å². The molecule has 0 aromatic carbocycles. The Kier molecular flexibility index (Phi) is 4.50.